The normalized spacial score (nSPS) is 18.7. The van der Waals surface area contributed by atoms with Crippen LogP contribution in [0.1, 0.15) is 18.4 Å². The molecule has 6 nitrogen and oxygen atoms in total. The Balaban J connectivity index is 0.00000288. The van der Waals surface area contributed by atoms with Crippen LogP contribution in [0, 0.1) is 18.7 Å². The molecule has 24 heavy (non-hydrogen) atoms. The molecule has 1 atom stereocenters. The molecule has 3 N–H and O–H groups in total. The zero-order valence-electron chi connectivity index (χ0n) is 13.5. The zero-order chi connectivity index (χ0) is 17.0. The number of nitrogens with two attached hydrogens (primary N) is 1. The number of hydrogen-bond donors (Lipinski definition) is 2. The highest BCUT2D eigenvalue weighted by molar-refractivity contribution is 7.89. The minimum Gasteiger partial charge on any atom is -0.355 e. The number of hydrogen-bond acceptors (Lipinski definition) is 4. The summed E-state index contributed by atoms with van der Waals surface area (Å²) < 4.78 is 40.2. The van der Waals surface area contributed by atoms with E-state index in [2.05, 4.69) is 5.32 Å². The number of amides is 1. The van der Waals surface area contributed by atoms with Gasteiger partial charge in [-0.05, 0) is 37.5 Å². The molecule has 1 heterocycles. The average molecular weight is 380 g/mol. The lowest BCUT2D eigenvalue weighted by molar-refractivity contribution is -0.126. The molecular formula is C15H23ClFN3O3S. The lowest BCUT2D eigenvalue weighted by Gasteiger charge is -2.31. The Morgan fingerprint density at radius 2 is 2.17 bits per heavy atom. The van der Waals surface area contributed by atoms with Crippen molar-refractivity contribution in [3.63, 3.8) is 0 Å². The molecule has 1 saturated heterocycles. The molecule has 1 aromatic rings. The third-order valence-corrected chi connectivity index (χ3v) is 5.84. The number of carbonyl (C=O) groups excluding carboxylic acids is 1. The van der Waals surface area contributed by atoms with Crippen LogP contribution in [0.25, 0.3) is 0 Å². The van der Waals surface area contributed by atoms with Crippen molar-refractivity contribution in [2.45, 2.75) is 24.7 Å². The van der Waals surface area contributed by atoms with E-state index >= 15 is 0 Å². The van der Waals surface area contributed by atoms with E-state index in [4.69, 9.17) is 5.73 Å². The largest absolute Gasteiger partial charge is 0.355 e. The molecule has 1 aliphatic rings. The van der Waals surface area contributed by atoms with E-state index in [1.807, 2.05) is 0 Å². The Hall–Kier alpha value is -1.22. The topological polar surface area (TPSA) is 92.5 Å². The first kappa shape index (κ1) is 20.8. The summed E-state index contributed by atoms with van der Waals surface area (Å²) in [4.78, 5) is 11.9. The summed E-state index contributed by atoms with van der Waals surface area (Å²) in [5.74, 6) is -1.15. The SMILES string of the molecule is Cc1ccc(S(=O)(=O)N2CCCC(C(=O)NCCN)C2)cc1F.Cl. The quantitative estimate of drug-likeness (QED) is 0.799. The fourth-order valence-corrected chi connectivity index (χ4v) is 4.13. The van der Waals surface area contributed by atoms with Crippen molar-refractivity contribution in [1.82, 2.24) is 9.62 Å². The van der Waals surface area contributed by atoms with Crippen LogP contribution < -0.4 is 11.1 Å². The van der Waals surface area contributed by atoms with Crippen molar-refractivity contribution >= 4 is 28.3 Å². The van der Waals surface area contributed by atoms with Gasteiger partial charge in [0.15, 0.2) is 0 Å². The minimum absolute atomic E-state index is 0. The molecular weight excluding hydrogens is 357 g/mol. The maximum Gasteiger partial charge on any atom is 0.243 e. The number of aryl methyl sites for hydroxylation is 1. The number of nitrogens with one attached hydrogen (secondary N) is 1. The zero-order valence-corrected chi connectivity index (χ0v) is 15.1. The van der Waals surface area contributed by atoms with Gasteiger partial charge >= 0.3 is 0 Å². The summed E-state index contributed by atoms with van der Waals surface area (Å²) in [7, 11) is -3.80. The number of benzene rings is 1. The van der Waals surface area contributed by atoms with Gasteiger partial charge < -0.3 is 11.1 Å². The molecule has 1 fully saturated rings. The standard InChI is InChI=1S/C15H22FN3O3S.ClH/c1-11-4-5-13(9-14(11)16)23(21,22)19-8-2-3-12(10-19)15(20)18-7-6-17;/h4-5,9,12H,2-3,6-8,10,17H2,1H3,(H,18,20);1H. The second-order valence-electron chi connectivity index (χ2n) is 5.69. The molecule has 0 radical (unpaired) electrons. The highest BCUT2D eigenvalue weighted by atomic mass is 35.5. The van der Waals surface area contributed by atoms with Crippen LogP contribution >= 0.6 is 12.4 Å². The first-order chi connectivity index (χ1) is 10.9. The lowest BCUT2D eigenvalue weighted by atomic mass is 9.99. The second-order valence-corrected chi connectivity index (χ2v) is 7.63. The summed E-state index contributed by atoms with van der Waals surface area (Å²) in [6, 6.07) is 3.87. The molecule has 1 unspecified atom stereocenters. The molecule has 2 rings (SSSR count). The molecule has 1 aliphatic heterocycles. The Labute approximate surface area is 148 Å². The summed E-state index contributed by atoms with van der Waals surface area (Å²) in [6.45, 7) is 2.71. The Morgan fingerprint density at radius 3 is 2.79 bits per heavy atom. The van der Waals surface area contributed by atoms with Gasteiger partial charge in [-0.3, -0.25) is 4.79 Å². The van der Waals surface area contributed by atoms with Crippen molar-refractivity contribution in [1.29, 1.82) is 0 Å². The summed E-state index contributed by atoms with van der Waals surface area (Å²) in [5, 5.41) is 2.68. The molecule has 9 heteroatoms. The van der Waals surface area contributed by atoms with Crippen molar-refractivity contribution in [2.75, 3.05) is 26.2 Å². The fourth-order valence-electron chi connectivity index (χ4n) is 2.60. The first-order valence-corrected chi connectivity index (χ1v) is 9.04. The highest BCUT2D eigenvalue weighted by Crippen LogP contribution is 2.25. The van der Waals surface area contributed by atoms with Crippen LogP contribution in [0.15, 0.2) is 23.1 Å². The van der Waals surface area contributed by atoms with E-state index in [9.17, 15) is 17.6 Å². The van der Waals surface area contributed by atoms with Crippen molar-refractivity contribution in [2.24, 2.45) is 11.7 Å². The molecule has 0 aromatic heterocycles. The average Bonchev–Trinajstić information content (AvgIpc) is 2.55. The Bertz CT molecular complexity index is 685. The minimum atomic E-state index is -3.80. The smallest absolute Gasteiger partial charge is 0.243 e. The molecule has 0 spiro atoms. The van der Waals surface area contributed by atoms with Crippen LogP contribution in [0.4, 0.5) is 4.39 Å². The van der Waals surface area contributed by atoms with Crippen molar-refractivity contribution < 1.29 is 17.6 Å². The monoisotopic (exact) mass is 379 g/mol. The predicted octanol–water partition coefficient (Wildman–Crippen LogP) is 1.03. The number of nitrogens with zero attached hydrogens (tertiary/aromatic N) is 1. The van der Waals surface area contributed by atoms with E-state index in [-0.39, 0.29) is 29.8 Å². The van der Waals surface area contributed by atoms with Gasteiger partial charge in [0.05, 0.1) is 10.8 Å². The molecule has 1 aromatic carbocycles. The van der Waals surface area contributed by atoms with Gasteiger partial charge in [0.25, 0.3) is 0 Å². The molecule has 136 valence electrons. The number of carbonyl (C=O) groups is 1. The highest BCUT2D eigenvalue weighted by Gasteiger charge is 2.33. The molecule has 0 saturated carbocycles. The van der Waals surface area contributed by atoms with Crippen LogP contribution in [0.2, 0.25) is 0 Å². The third kappa shape index (κ3) is 4.66. The van der Waals surface area contributed by atoms with Gasteiger partial charge in [0.2, 0.25) is 15.9 Å². The van der Waals surface area contributed by atoms with Gasteiger partial charge in [-0.2, -0.15) is 4.31 Å². The van der Waals surface area contributed by atoms with Gasteiger partial charge in [0.1, 0.15) is 5.82 Å². The summed E-state index contributed by atoms with van der Waals surface area (Å²) >= 11 is 0. The van der Waals surface area contributed by atoms with E-state index < -0.39 is 21.8 Å². The lowest BCUT2D eigenvalue weighted by Crippen LogP contribution is -2.46. The van der Waals surface area contributed by atoms with Gasteiger partial charge in [0, 0.05) is 26.2 Å². The van der Waals surface area contributed by atoms with Crippen LogP contribution in [0.5, 0.6) is 0 Å². The number of sulfonamides is 1. The summed E-state index contributed by atoms with van der Waals surface area (Å²) in [6.07, 6.45) is 1.22. The van der Waals surface area contributed by atoms with Crippen LogP contribution in [-0.4, -0.2) is 44.8 Å². The molecule has 0 bridgehead atoms. The van der Waals surface area contributed by atoms with E-state index in [0.717, 1.165) is 6.07 Å². The first-order valence-electron chi connectivity index (χ1n) is 7.60. The Kier molecular flexibility index (Phi) is 7.59. The molecule has 0 aliphatic carbocycles. The number of rotatable bonds is 5. The fraction of sp³-hybridized carbons (Fsp3) is 0.533. The number of halogens is 2. The van der Waals surface area contributed by atoms with E-state index in [1.165, 1.54) is 16.4 Å². The third-order valence-electron chi connectivity index (χ3n) is 3.98. The molecule has 1 amide bonds. The maximum absolute atomic E-state index is 13.7. The Morgan fingerprint density at radius 1 is 1.46 bits per heavy atom. The van der Waals surface area contributed by atoms with Crippen molar-refractivity contribution in [3.05, 3.63) is 29.6 Å². The van der Waals surface area contributed by atoms with Gasteiger partial charge in [-0.25, -0.2) is 12.8 Å². The van der Waals surface area contributed by atoms with Crippen LogP contribution in [-0.2, 0) is 14.8 Å². The van der Waals surface area contributed by atoms with E-state index in [0.29, 0.717) is 38.0 Å². The predicted molar refractivity (Wildman–Crippen MR) is 91.9 cm³/mol. The maximum atomic E-state index is 13.7. The van der Waals surface area contributed by atoms with Crippen molar-refractivity contribution in [3.8, 4) is 0 Å². The van der Waals surface area contributed by atoms with E-state index in [1.54, 1.807) is 6.92 Å². The number of piperidine rings is 1. The van der Waals surface area contributed by atoms with Gasteiger partial charge in [-0.15, -0.1) is 12.4 Å². The second kappa shape index (κ2) is 8.75. The van der Waals surface area contributed by atoms with Crippen LogP contribution in [0.3, 0.4) is 0 Å². The summed E-state index contributed by atoms with van der Waals surface area (Å²) in [5.41, 5.74) is 5.74. The van der Waals surface area contributed by atoms with Gasteiger partial charge in [-0.1, -0.05) is 6.07 Å².